The van der Waals surface area contributed by atoms with Crippen LogP contribution in [0.1, 0.15) is 65.7 Å². The van der Waals surface area contributed by atoms with E-state index in [1.54, 1.807) is 18.7 Å². The summed E-state index contributed by atoms with van der Waals surface area (Å²) < 4.78 is 10.3. The van der Waals surface area contributed by atoms with Crippen molar-refractivity contribution in [3.05, 3.63) is 0 Å². The standard InChI is InChI=1S/C38H61N7O13S2/c1-8-12-27(29(47)17-33(51)58-22-30(48)24(2)35(53)39-18-32(50)44-14-9-10-15-44)43(6)37(55)26(21-57-34(52)20-41(4)23-46)40-31(49)19-42(5)38(56)28-13-11-16-45(28)36(54)25(3)60-59-7/h23-29,47H,8-22H2,1-7H3,(H,39,53)(H,40,49). The van der Waals surface area contributed by atoms with Gasteiger partial charge in [0, 0.05) is 40.8 Å². The number of carbonyl (C=O) groups excluding carboxylic acids is 10. The van der Waals surface area contributed by atoms with Crippen LogP contribution in [0.3, 0.4) is 0 Å². The van der Waals surface area contributed by atoms with Crippen molar-refractivity contribution in [2.75, 3.05) is 79.9 Å². The van der Waals surface area contributed by atoms with Gasteiger partial charge in [-0.15, -0.1) is 0 Å². The van der Waals surface area contributed by atoms with E-state index in [4.69, 9.17) is 9.47 Å². The van der Waals surface area contributed by atoms with E-state index >= 15 is 0 Å². The van der Waals surface area contributed by atoms with Crippen LogP contribution >= 0.6 is 21.6 Å². The third-order valence-corrected chi connectivity index (χ3v) is 12.3. The molecular weight excluding hydrogens is 827 g/mol. The molecule has 20 nitrogen and oxygen atoms in total. The monoisotopic (exact) mass is 887 g/mol. The van der Waals surface area contributed by atoms with Gasteiger partial charge in [0.15, 0.2) is 12.4 Å². The number of rotatable bonds is 25. The van der Waals surface area contributed by atoms with Crippen molar-refractivity contribution < 1.29 is 62.5 Å². The van der Waals surface area contributed by atoms with Crippen molar-refractivity contribution in [3.63, 3.8) is 0 Å². The molecule has 0 aromatic carbocycles. The van der Waals surface area contributed by atoms with E-state index in [9.17, 15) is 53.1 Å². The molecule has 2 heterocycles. The number of ketones is 1. The fourth-order valence-corrected chi connectivity index (χ4v) is 8.28. The van der Waals surface area contributed by atoms with E-state index in [-0.39, 0.29) is 30.0 Å². The van der Waals surface area contributed by atoms with Crippen LogP contribution in [0.4, 0.5) is 0 Å². The average Bonchev–Trinajstić information content (AvgIpc) is 3.95. The van der Waals surface area contributed by atoms with Crippen LogP contribution in [-0.4, -0.2) is 199 Å². The molecule has 0 saturated carbocycles. The zero-order valence-electron chi connectivity index (χ0n) is 35.5. The minimum Gasteiger partial charge on any atom is -0.462 e. The first-order valence-electron chi connectivity index (χ1n) is 19.9. The molecule has 338 valence electrons. The molecule has 0 aromatic heterocycles. The molecule has 0 bridgehead atoms. The number of hydrogen-bond donors (Lipinski definition) is 3. The number of aliphatic hydroxyl groups is 1. The summed E-state index contributed by atoms with van der Waals surface area (Å²) in [5.41, 5.74) is 0. The number of nitrogens with zero attached hydrogens (tertiary/aromatic N) is 5. The molecule has 6 atom stereocenters. The zero-order valence-corrected chi connectivity index (χ0v) is 37.2. The molecule has 2 aliphatic heterocycles. The molecular formula is C38H61N7O13S2. The van der Waals surface area contributed by atoms with E-state index < -0.39 is 104 Å². The molecule has 3 N–H and O–H groups in total. The molecule has 2 aliphatic rings. The molecule has 60 heavy (non-hydrogen) atoms. The summed E-state index contributed by atoms with van der Waals surface area (Å²) in [7, 11) is 6.83. The van der Waals surface area contributed by atoms with Crippen LogP contribution in [0.2, 0.25) is 0 Å². The van der Waals surface area contributed by atoms with Gasteiger partial charge in [-0.2, -0.15) is 0 Å². The Balaban J connectivity index is 2.09. The normalized spacial score (nSPS) is 17.3. The Bertz CT molecular complexity index is 1550. The van der Waals surface area contributed by atoms with E-state index in [2.05, 4.69) is 10.6 Å². The number of nitrogens with one attached hydrogen (secondary N) is 2. The third kappa shape index (κ3) is 16.2. The Morgan fingerprint density at radius 1 is 0.933 bits per heavy atom. The lowest BCUT2D eigenvalue weighted by molar-refractivity contribution is -0.154. The van der Waals surface area contributed by atoms with Gasteiger partial charge in [0.1, 0.15) is 25.2 Å². The van der Waals surface area contributed by atoms with E-state index in [0.717, 1.165) is 27.5 Å². The second-order valence-corrected chi connectivity index (χ2v) is 17.7. The number of likely N-dealkylation sites (N-methyl/N-ethyl adjacent to an activating group) is 3. The number of hydrogen-bond acceptors (Lipinski definition) is 15. The van der Waals surface area contributed by atoms with Crippen LogP contribution in [-0.2, 0) is 57.4 Å². The molecule has 0 spiro atoms. The fourth-order valence-electron chi connectivity index (χ4n) is 6.66. The van der Waals surface area contributed by atoms with E-state index in [0.29, 0.717) is 45.3 Å². The van der Waals surface area contributed by atoms with Crippen molar-refractivity contribution in [3.8, 4) is 0 Å². The molecule has 7 amide bonds. The SMILES string of the molecule is CCCC(C(O)CC(=O)OCC(=O)C(C)C(=O)NCC(=O)N1CCCC1)N(C)C(=O)C(COC(=O)CN(C)C=O)NC(=O)CN(C)C(=O)C1CCCN1C(=O)C(C)SSC. The van der Waals surface area contributed by atoms with Gasteiger partial charge in [0.05, 0.1) is 42.8 Å². The highest BCUT2D eigenvalue weighted by Gasteiger charge is 2.39. The Morgan fingerprint density at radius 3 is 2.22 bits per heavy atom. The van der Waals surface area contributed by atoms with E-state index in [1.807, 2.05) is 6.26 Å². The van der Waals surface area contributed by atoms with Gasteiger partial charge in [-0.1, -0.05) is 34.9 Å². The van der Waals surface area contributed by atoms with Crippen LogP contribution in [0.5, 0.6) is 0 Å². The molecule has 22 heteroatoms. The predicted molar refractivity (Wildman–Crippen MR) is 221 cm³/mol. The summed E-state index contributed by atoms with van der Waals surface area (Å²) in [6, 6.07) is -3.36. The number of esters is 2. The Kier molecular flexibility index (Phi) is 22.4. The Labute approximate surface area is 358 Å². The maximum absolute atomic E-state index is 14.0. The van der Waals surface area contributed by atoms with Gasteiger partial charge < -0.3 is 49.7 Å². The molecule has 2 fully saturated rings. The highest BCUT2D eigenvalue weighted by Crippen LogP contribution is 2.28. The van der Waals surface area contributed by atoms with Crippen molar-refractivity contribution in [2.24, 2.45) is 5.92 Å². The maximum Gasteiger partial charge on any atom is 0.325 e. The lowest BCUT2D eigenvalue weighted by atomic mass is 10.0. The molecule has 0 aliphatic carbocycles. The second-order valence-electron chi connectivity index (χ2n) is 14.8. The molecule has 0 radical (unpaired) electrons. The maximum atomic E-state index is 14.0. The van der Waals surface area contributed by atoms with Crippen molar-refractivity contribution in [1.82, 2.24) is 35.1 Å². The van der Waals surface area contributed by atoms with Gasteiger partial charge in [0.2, 0.25) is 41.9 Å². The van der Waals surface area contributed by atoms with Crippen LogP contribution in [0, 0.1) is 5.92 Å². The summed E-state index contributed by atoms with van der Waals surface area (Å²) in [5, 5.41) is 15.7. The first-order valence-corrected chi connectivity index (χ1v) is 22.5. The first-order chi connectivity index (χ1) is 28.4. The van der Waals surface area contributed by atoms with Gasteiger partial charge in [-0.3, -0.25) is 47.9 Å². The molecule has 2 saturated heterocycles. The van der Waals surface area contributed by atoms with Crippen molar-refractivity contribution in [2.45, 2.75) is 95.2 Å². The lowest BCUT2D eigenvalue weighted by Gasteiger charge is -2.34. The molecule has 0 aromatic rings. The quantitative estimate of drug-likeness (QED) is 0.0423. The minimum absolute atomic E-state index is 0.162. The van der Waals surface area contributed by atoms with Crippen LogP contribution in [0.15, 0.2) is 0 Å². The van der Waals surface area contributed by atoms with Crippen LogP contribution < -0.4 is 10.6 Å². The lowest BCUT2D eigenvalue weighted by Crippen LogP contribution is -2.57. The number of amides is 7. The van der Waals surface area contributed by atoms with Gasteiger partial charge in [0.25, 0.3) is 0 Å². The first kappa shape index (κ1) is 51.7. The number of carbonyl (C=O) groups is 10. The number of aliphatic hydroxyl groups excluding tert-OH is 1. The summed E-state index contributed by atoms with van der Waals surface area (Å²) in [6.07, 6.45) is 3.41. The fraction of sp³-hybridized carbons (Fsp3) is 0.737. The van der Waals surface area contributed by atoms with Crippen LogP contribution in [0.25, 0.3) is 0 Å². The highest BCUT2D eigenvalue weighted by molar-refractivity contribution is 8.76. The highest BCUT2D eigenvalue weighted by atomic mass is 33.1. The summed E-state index contributed by atoms with van der Waals surface area (Å²) in [5.74, 6) is -7.14. The van der Waals surface area contributed by atoms with Gasteiger partial charge >= 0.3 is 11.9 Å². The van der Waals surface area contributed by atoms with Gasteiger partial charge in [-0.25, -0.2) is 0 Å². The average molecular weight is 888 g/mol. The summed E-state index contributed by atoms with van der Waals surface area (Å²) in [6.45, 7) is 3.70. The summed E-state index contributed by atoms with van der Waals surface area (Å²) >= 11 is 0. The number of Topliss-reactive ketones (excluding diaryl/α,β-unsaturated/α-hetero) is 1. The Morgan fingerprint density at radius 2 is 1.60 bits per heavy atom. The number of likely N-dealkylation sites (tertiary alicyclic amines) is 2. The van der Waals surface area contributed by atoms with Gasteiger partial charge in [-0.05, 0) is 52.2 Å². The third-order valence-electron chi connectivity index (χ3n) is 10.1. The van der Waals surface area contributed by atoms with Crippen molar-refractivity contribution >= 4 is 81.2 Å². The minimum atomic E-state index is -1.54. The zero-order chi connectivity index (χ0) is 45.1. The largest absolute Gasteiger partial charge is 0.462 e. The van der Waals surface area contributed by atoms with E-state index in [1.165, 1.54) is 54.6 Å². The van der Waals surface area contributed by atoms with Crippen molar-refractivity contribution in [1.29, 1.82) is 0 Å². The molecule has 2 rings (SSSR count). The predicted octanol–water partition coefficient (Wildman–Crippen LogP) is -1.18. The second kappa shape index (κ2) is 26.0. The number of ether oxygens (including phenoxy) is 2. The summed E-state index contributed by atoms with van der Waals surface area (Å²) in [4.78, 5) is 134. The smallest absolute Gasteiger partial charge is 0.325 e. The topological polar surface area (TPSA) is 250 Å². The molecule has 6 unspecified atom stereocenters. The Hall–Kier alpha value is -4.44.